The molecule has 16 heteroatoms. The largest absolute Gasteiger partial charge is 0.490 e. The van der Waals surface area contributed by atoms with Crippen LogP contribution in [-0.2, 0) is 19.2 Å². The zero-order valence-electron chi connectivity index (χ0n) is 28.0. The first kappa shape index (κ1) is 47.3. The number of rotatable bonds is 18. The van der Waals surface area contributed by atoms with Gasteiger partial charge in [0.25, 0.3) is 5.91 Å². The highest BCUT2D eigenvalue weighted by molar-refractivity contribution is 5.86. The lowest BCUT2D eigenvalue weighted by atomic mass is 10.0. The minimum Gasteiger partial charge on any atom is -0.481 e. The van der Waals surface area contributed by atoms with Gasteiger partial charge >= 0.3 is 24.1 Å². The molecular formula is C30H59F3N6O7. The molecule has 272 valence electrons. The molecule has 0 spiro atoms. The number of hydrogen-bond donors (Lipinski definition) is 7. The van der Waals surface area contributed by atoms with Gasteiger partial charge in [0, 0.05) is 12.8 Å². The predicted molar refractivity (Wildman–Crippen MR) is 170 cm³/mol. The molecule has 10 N–H and O–H groups in total. The van der Waals surface area contributed by atoms with E-state index in [9.17, 15) is 27.6 Å². The fourth-order valence-electron chi connectivity index (χ4n) is 3.96. The molecule has 0 aromatic heterocycles. The lowest BCUT2D eigenvalue weighted by Gasteiger charge is -2.38. The Balaban J connectivity index is -0.000000884. The predicted octanol–water partition coefficient (Wildman–Crippen LogP) is 4.77. The van der Waals surface area contributed by atoms with Gasteiger partial charge in [-0.05, 0) is 31.7 Å². The second-order valence-electron chi connectivity index (χ2n) is 11.3. The molecule has 2 atom stereocenters. The fourth-order valence-corrected chi connectivity index (χ4v) is 3.96. The van der Waals surface area contributed by atoms with Crippen molar-refractivity contribution in [1.82, 2.24) is 15.8 Å². The van der Waals surface area contributed by atoms with Gasteiger partial charge in [-0.25, -0.2) is 14.6 Å². The van der Waals surface area contributed by atoms with Crippen LogP contribution in [0, 0.1) is 5.92 Å². The van der Waals surface area contributed by atoms with Crippen molar-refractivity contribution in [3.05, 3.63) is 0 Å². The molecular weight excluding hydrogens is 613 g/mol. The summed E-state index contributed by atoms with van der Waals surface area (Å²) in [4.78, 5) is 51.8. The van der Waals surface area contributed by atoms with Crippen molar-refractivity contribution >= 4 is 29.8 Å². The maximum absolute atomic E-state index is 12.6. The highest BCUT2D eigenvalue weighted by Gasteiger charge is 2.38. The fraction of sp³-hybridized carbons (Fsp3) is 0.833. The smallest absolute Gasteiger partial charge is 0.481 e. The molecule has 46 heavy (non-hydrogen) atoms. The second kappa shape index (κ2) is 29.3. The van der Waals surface area contributed by atoms with Crippen LogP contribution in [0.25, 0.3) is 0 Å². The highest BCUT2D eigenvalue weighted by Crippen LogP contribution is 2.15. The highest BCUT2D eigenvalue weighted by atomic mass is 19.4. The summed E-state index contributed by atoms with van der Waals surface area (Å²) in [5.74, 6) is -3.75. The molecule has 0 radical (unpaired) electrons. The first-order valence-electron chi connectivity index (χ1n) is 16.1. The standard InChI is InChI=1S/C23H46N4O2.C4H8O2.C2HF3O2.CH4N2O/c1-4-5-6-7-8-9-10-11-12-13-14-15-18-25-20-16-17-21(28)26-27(20)23(29)22(24)19(2)3;1-2-3-4(5)6;3-2(4,5)1(6)7;2-1(3)4/h19-20,22,25H,4-18,24H2,1-3H3,(H,26,28);2-3H2,1H3,(H,5,6);(H,6,7);(H4,2,3,4). The van der Waals surface area contributed by atoms with Gasteiger partial charge in [-0.15, -0.1) is 0 Å². The summed E-state index contributed by atoms with van der Waals surface area (Å²) in [5, 5.41) is 19.9. The van der Waals surface area contributed by atoms with Crippen LogP contribution < -0.4 is 27.9 Å². The van der Waals surface area contributed by atoms with Crippen molar-refractivity contribution in [3.63, 3.8) is 0 Å². The van der Waals surface area contributed by atoms with Gasteiger partial charge < -0.3 is 27.4 Å². The van der Waals surface area contributed by atoms with Gasteiger partial charge in [-0.3, -0.25) is 25.1 Å². The summed E-state index contributed by atoms with van der Waals surface area (Å²) in [6.07, 6.45) is 12.8. The van der Waals surface area contributed by atoms with E-state index >= 15 is 0 Å². The van der Waals surface area contributed by atoms with Crippen molar-refractivity contribution in [2.75, 3.05) is 6.54 Å². The molecule has 1 aliphatic rings. The minimum absolute atomic E-state index is 0.0401. The number of nitrogens with one attached hydrogen (secondary N) is 2. The Morgan fingerprint density at radius 3 is 1.63 bits per heavy atom. The van der Waals surface area contributed by atoms with Crippen molar-refractivity contribution < 1.29 is 47.4 Å². The van der Waals surface area contributed by atoms with Crippen molar-refractivity contribution in [1.29, 1.82) is 0 Å². The van der Waals surface area contributed by atoms with E-state index in [1.165, 1.54) is 75.6 Å². The number of amides is 4. The summed E-state index contributed by atoms with van der Waals surface area (Å²) in [5.41, 5.74) is 17.2. The number of carboxylic acid groups (broad SMARTS) is 2. The zero-order chi connectivity index (χ0) is 36.1. The van der Waals surface area contributed by atoms with E-state index in [2.05, 4.69) is 29.1 Å². The topological polar surface area (TPSA) is 231 Å². The molecule has 1 aliphatic heterocycles. The number of urea groups is 1. The van der Waals surface area contributed by atoms with Crippen LogP contribution in [-0.4, -0.2) is 69.9 Å². The number of aliphatic carboxylic acids is 2. The van der Waals surface area contributed by atoms with Crippen LogP contribution >= 0.6 is 0 Å². The van der Waals surface area contributed by atoms with Crippen molar-refractivity contribution in [2.24, 2.45) is 23.1 Å². The number of alkyl halides is 3. The molecule has 1 fully saturated rings. The van der Waals surface area contributed by atoms with Crippen LogP contribution in [0.2, 0.25) is 0 Å². The van der Waals surface area contributed by atoms with Gasteiger partial charge in [-0.2, -0.15) is 13.2 Å². The van der Waals surface area contributed by atoms with E-state index in [-0.39, 0.29) is 23.9 Å². The molecule has 1 rings (SSSR count). The van der Waals surface area contributed by atoms with Gasteiger partial charge in [-0.1, -0.05) is 98.3 Å². The molecule has 0 aliphatic carbocycles. The van der Waals surface area contributed by atoms with Gasteiger partial charge in [0.05, 0.1) is 6.04 Å². The molecule has 4 amide bonds. The number of nitrogens with zero attached hydrogens (tertiary/aromatic N) is 1. The Labute approximate surface area is 271 Å². The van der Waals surface area contributed by atoms with Gasteiger partial charge in [0.1, 0.15) is 6.17 Å². The zero-order valence-corrected chi connectivity index (χ0v) is 28.0. The number of carbonyl (C=O) groups is 5. The number of hydrogen-bond acceptors (Lipinski definition) is 7. The van der Waals surface area contributed by atoms with E-state index in [1.807, 2.05) is 20.8 Å². The molecule has 1 heterocycles. The van der Waals surface area contributed by atoms with E-state index in [0.29, 0.717) is 19.3 Å². The summed E-state index contributed by atoms with van der Waals surface area (Å²) in [6.45, 7) is 8.81. The normalized spacial score (nSPS) is 14.8. The molecule has 0 bridgehead atoms. The molecule has 2 unspecified atom stereocenters. The number of unbranched alkanes of at least 4 members (excludes halogenated alkanes) is 11. The summed E-state index contributed by atoms with van der Waals surface area (Å²) in [6, 6.07) is -1.43. The van der Waals surface area contributed by atoms with E-state index < -0.39 is 30.2 Å². The average molecular weight is 673 g/mol. The third-order valence-electron chi connectivity index (χ3n) is 6.56. The Hall–Kier alpha value is -3.14. The molecule has 1 saturated heterocycles. The van der Waals surface area contributed by atoms with Crippen LogP contribution in [0.5, 0.6) is 0 Å². The quantitative estimate of drug-likeness (QED) is 0.0993. The summed E-state index contributed by atoms with van der Waals surface area (Å²) in [7, 11) is 0. The van der Waals surface area contributed by atoms with Crippen LogP contribution in [0.15, 0.2) is 0 Å². The maximum atomic E-state index is 12.6. The number of primary amides is 2. The molecule has 0 aromatic rings. The Kier molecular flexibility index (Phi) is 30.1. The molecule has 0 aromatic carbocycles. The van der Waals surface area contributed by atoms with Gasteiger partial charge in [0.2, 0.25) is 5.91 Å². The van der Waals surface area contributed by atoms with E-state index in [0.717, 1.165) is 19.4 Å². The number of carbonyl (C=O) groups excluding carboxylic acids is 3. The maximum Gasteiger partial charge on any atom is 0.490 e. The summed E-state index contributed by atoms with van der Waals surface area (Å²) < 4.78 is 31.7. The number of halogens is 3. The lowest BCUT2D eigenvalue weighted by molar-refractivity contribution is -0.192. The Morgan fingerprint density at radius 2 is 1.30 bits per heavy atom. The minimum atomic E-state index is -5.08. The van der Waals surface area contributed by atoms with E-state index in [4.69, 9.17) is 25.5 Å². The lowest BCUT2D eigenvalue weighted by Crippen LogP contribution is -2.64. The number of hydrazine groups is 1. The van der Waals surface area contributed by atoms with Crippen molar-refractivity contribution in [2.45, 2.75) is 149 Å². The van der Waals surface area contributed by atoms with Crippen LogP contribution in [0.1, 0.15) is 130 Å². The third-order valence-corrected chi connectivity index (χ3v) is 6.56. The van der Waals surface area contributed by atoms with Crippen molar-refractivity contribution in [3.8, 4) is 0 Å². The second-order valence-corrected chi connectivity index (χ2v) is 11.3. The third kappa shape index (κ3) is 30.9. The first-order valence-corrected chi connectivity index (χ1v) is 16.1. The molecule has 0 saturated carbocycles. The van der Waals surface area contributed by atoms with Crippen LogP contribution in [0.4, 0.5) is 18.0 Å². The average Bonchev–Trinajstić information content (AvgIpc) is 2.95. The van der Waals surface area contributed by atoms with Gasteiger partial charge in [0.15, 0.2) is 0 Å². The molecule has 13 nitrogen and oxygen atoms in total. The summed E-state index contributed by atoms with van der Waals surface area (Å²) >= 11 is 0. The Bertz CT molecular complexity index is 844. The SMILES string of the molecule is CCCC(=O)O.CCCCCCCCCCCCCCNC1CCC(=O)NN1C(=O)C(N)C(C)C.NC(N)=O.O=C(O)C(F)(F)F. The number of carboxylic acids is 2. The van der Waals surface area contributed by atoms with E-state index in [1.54, 1.807) is 0 Å². The number of nitrogens with two attached hydrogens (primary N) is 3. The monoisotopic (exact) mass is 672 g/mol. The van der Waals surface area contributed by atoms with Crippen LogP contribution in [0.3, 0.4) is 0 Å². The Morgan fingerprint density at radius 1 is 0.891 bits per heavy atom. The first-order chi connectivity index (χ1) is 21.4.